The van der Waals surface area contributed by atoms with E-state index >= 15 is 0 Å². The monoisotopic (exact) mass is 329 g/mol. The normalized spacial score (nSPS) is 10.3. The first kappa shape index (κ1) is 17.5. The van der Waals surface area contributed by atoms with Crippen LogP contribution < -0.4 is 20.7 Å². The standard InChI is InChI=1S/C17H23N5O2/c1-12(2)19-17(23)20-16-9-8-15(21-22-16)18-11-10-13-6-4-5-7-14(13)24-3/h4-9,12H,10-11H2,1-3H3,(H,18,21)(H2,19,20,22,23). The number of ether oxygens (including phenoxy) is 1. The fraction of sp³-hybridized carbons (Fsp3) is 0.353. The predicted molar refractivity (Wildman–Crippen MR) is 94.5 cm³/mol. The average Bonchev–Trinajstić information content (AvgIpc) is 2.56. The van der Waals surface area contributed by atoms with Crippen LogP contribution in [0.4, 0.5) is 16.4 Å². The zero-order chi connectivity index (χ0) is 17.4. The molecular weight excluding hydrogens is 306 g/mol. The number of nitrogens with zero attached hydrogens (tertiary/aromatic N) is 2. The number of hydrogen-bond donors (Lipinski definition) is 3. The molecule has 2 rings (SSSR count). The summed E-state index contributed by atoms with van der Waals surface area (Å²) in [7, 11) is 1.67. The lowest BCUT2D eigenvalue weighted by Crippen LogP contribution is -2.34. The van der Waals surface area contributed by atoms with Gasteiger partial charge in [0.05, 0.1) is 7.11 Å². The number of rotatable bonds is 7. The molecule has 0 fully saturated rings. The summed E-state index contributed by atoms with van der Waals surface area (Å²) in [5, 5.41) is 16.6. The van der Waals surface area contributed by atoms with E-state index in [2.05, 4.69) is 26.1 Å². The predicted octanol–water partition coefficient (Wildman–Crippen LogP) is 2.67. The SMILES string of the molecule is COc1ccccc1CCNc1ccc(NC(=O)NC(C)C)nn1. The van der Waals surface area contributed by atoms with Crippen LogP contribution in [0.3, 0.4) is 0 Å². The van der Waals surface area contributed by atoms with Gasteiger partial charge in [-0.2, -0.15) is 0 Å². The second kappa shape index (κ2) is 8.71. The summed E-state index contributed by atoms with van der Waals surface area (Å²) in [5.74, 6) is 1.93. The number of hydrogen-bond acceptors (Lipinski definition) is 5. The van der Waals surface area contributed by atoms with E-state index in [0.717, 1.165) is 17.7 Å². The molecule has 0 saturated heterocycles. The Morgan fingerprint density at radius 2 is 1.83 bits per heavy atom. The maximum atomic E-state index is 11.6. The van der Waals surface area contributed by atoms with Gasteiger partial charge in [-0.25, -0.2) is 4.79 Å². The second-order valence-electron chi connectivity index (χ2n) is 5.55. The van der Waals surface area contributed by atoms with E-state index in [1.54, 1.807) is 19.2 Å². The molecule has 2 aromatic rings. The minimum absolute atomic E-state index is 0.0638. The molecule has 0 radical (unpaired) electrons. The molecule has 0 spiro atoms. The zero-order valence-corrected chi connectivity index (χ0v) is 14.2. The second-order valence-corrected chi connectivity index (χ2v) is 5.55. The van der Waals surface area contributed by atoms with Gasteiger partial charge in [-0.15, -0.1) is 10.2 Å². The van der Waals surface area contributed by atoms with Crippen LogP contribution in [0.1, 0.15) is 19.4 Å². The van der Waals surface area contributed by atoms with Crippen LogP contribution in [0, 0.1) is 0 Å². The van der Waals surface area contributed by atoms with Gasteiger partial charge in [-0.3, -0.25) is 5.32 Å². The van der Waals surface area contributed by atoms with Gasteiger partial charge in [-0.1, -0.05) is 18.2 Å². The summed E-state index contributed by atoms with van der Waals surface area (Å²) < 4.78 is 5.33. The highest BCUT2D eigenvalue weighted by Crippen LogP contribution is 2.17. The molecular formula is C17H23N5O2. The van der Waals surface area contributed by atoms with Crippen LogP contribution in [-0.2, 0) is 6.42 Å². The van der Waals surface area contributed by atoms with Crippen LogP contribution in [-0.4, -0.2) is 35.9 Å². The van der Waals surface area contributed by atoms with Gasteiger partial charge in [0.1, 0.15) is 11.6 Å². The fourth-order valence-corrected chi connectivity index (χ4v) is 2.14. The third-order valence-electron chi connectivity index (χ3n) is 3.22. The Morgan fingerprint density at radius 1 is 1.12 bits per heavy atom. The Labute approximate surface area is 141 Å². The van der Waals surface area contributed by atoms with E-state index in [4.69, 9.17) is 4.74 Å². The summed E-state index contributed by atoms with van der Waals surface area (Å²) in [5.41, 5.74) is 1.13. The summed E-state index contributed by atoms with van der Waals surface area (Å²) in [6, 6.07) is 11.2. The third kappa shape index (κ3) is 5.42. The molecule has 24 heavy (non-hydrogen) atoms. The smallest absolute Gasteiger partial charge is 0.320 e. The first-order valence-corrected chi connectivity index (χ1v) is 7.85. The van der Waals surface area contributed by atoms with Crippen molar-refractivity contribution in [1.82, 2.24) is 15.5 Å². The number of nitrogens with one attached hydrogen (secondary N) is 3. The highest BCUT2D eigenvalue weighted by atomic mass is 16.5. The highest BCUT2D eigenvalue weighted by Gasteiger charge is 2.05. The van der Waals surface area contributed by atoms with Crippen molar-refractivity contribution < 1.29 is 9.53 Å². The van der Waals surface area contributed by atoms with Crippen LogP contribution in [0.15, 0.2) is 36.4 Å². The van der Waals surface area contributed by atoms with Crippen LogP contribution in [0.2, 0.25) is 0 Å². The fourth-order valence-electron chi connectivity index (χ4n) is 2.14. The van der Waals surface area contributed by atoms with Gasteiger partial charge in [0, 0.05) is 12.6 Å². The third-order valence-corrected chi connectivity index (χ3v) is 3.22. The van der Waals surface area contributed by atoms with Crippen molar-refractivity contribution in [2.24, 2.45) is 0 Å². The number of aromatic nitrogens is 2. The quantitative estimate of drug-likeness (QED) is 0.727. The summed E-state index contributed by atoms with van der Waals surface area (Å²) >= 11 is 0. The van der Waals surface area contributed by atoms with E-state index in [-0.39, 0.29) is 12.1 Å². The number of carbonyl (C=O) groups is 1. The number of para-hydroxylation sites is 1. The van der Waals surface area contributed by atoms with E-state index < -0.39 is 0 Å². The molecule has 7 heteroatoms. The van der Waals surface area contributed by atoms with E-state index in [9.17, 15) is 4.79 Å². The van der Waals surface area contributed by atoms with E-state index in [1.807, 2.05) is 38.1 Å². The van der Waals surface area contributed by atoms with Gasteiger partial charge < -0.3 is 15.4 Å². The van der Waals surface area contributed by atoms with Gasteiger partial charge in [-0.05, 0) is 44.0 Å². The van der Waals surface area contributed by atoms with Crippen molar-refractivity contribution >= 4 is 17.7 Å². The first-order chi connectivity index (χ1) is 11.6. The topological polar surface area (TPSA) is 88.2 Å². The van der Waals surface area contributed by atoms with Gasteiger partial charge in [0.25, 0.3) is 0 Å². The lowest BCUT2D eigenvalue weighted by molar-refractivity contribution is 0.250. The molecule has 1 aromatic heterocycles. The van der Waals surface area contributed by atoms with Crippen molar-refractivity contribution in [2.45, 2.75) is 26.3 Å². The molecule has 2 amide bonds. The van der Waals surface area contributed by atoms with Gasteiger partial charge in [0.15, 0.2) is 5.82 Å². The number of methoxy groups -OCH3 is 1. The number of carbonyl (C=O) groups excluding carboxylic acids is 1. The molecule has 1 aromatic carbocycles. The lowest BCUT2D eigenvalue weighted by atomic mass is 10.1. The molecule has 0 unspecified atom stereocenters. The summed E-state index contributed by atoms with van der Waals surface area (Å²) in [6.07, 6.45) is 0.808. The molecule has 3 N–H and O–H groups in total. The molecule has 0 saturated carbocycles. The maximum Gasteiger partial charge on any atom is 0.320 e. The van der Waals surface area contributed by atoms with Gasteiger partial charge >= 0.3 is 6.03 Å². The van der Waals surface area contributed by atoms with Crippen LogP contribution in [0.5, 0.6) is 5.75 Å². The number of amides is 2. The van der Waals surface area contributed by atoms with Crippen molar-refractivity contribution in [3.8, 4) is 5.75 Å². The maximum absolute atomic E-state index is 11.6. The molecule has 7 nitrogen and oxygen atoms in total. The molecule has 0 atom stereocenters. The number of benzene rings is 1. The minimum Gasteiger partial charge on any atom is -0.496 e. The molecule has 128 valence electrons. The number of urea groups is 1. The Kier molecular flexibility index (Phi) is 6.36. The minimum atomic E-state index is -0.295. The Bertz CT molecular complexity index is 658. The van der Waals surface area contributed by atoms with Gasteiger partial charge in [0.2, 0.25) is 0 Å². The van der Waals surface area contributed by atoms with Crippen molar-refractivity contribution in [3.63, 3.8) is 0 Å². The molecule has 1 heterocycles. The summed E-state index contributed by atoms with van der Waals surface area (Å²) in [6.45, 7) is 4.48. The van der Waals surface area contributed by atoms with E-state index in [0.29, 0.717) is 18.2 Å². The van der Waals surface area contributed by atoms with Crippen LogP contribution >= 0.6 is 0 Å². The Balaban J connectivity index is 1.82. The summed E-state index contributed by atoms with van der Waals surface area (Å²) in [4.78, 5) is 11.6. The lowest BCUT2D eigenvalue weighted by Gasteiger charge is -2.10. The first-order valence-electron chi connectivity index (χ1n) is 7.85. The van der Waals surface area contributed by atoms with Crippen molar-refractivity contribution in [1.29, 1.82) is 0 Å². The van der Waals surface area contributed by atoms with E-state index in [1.165, 1.54) is 0 Å². The molecule has 0 aliphatic heterocycles. The molecule has 0 aliphatic carbocycles. The van der Waals surface area contributed by atoms with Crippen molar-refractivity contribution in [3.05, 3.63) is 42.0 Å². The Hall–Kier alpha value is -2.83. The largest absolute Gasteiger partial charge is 0.496 e. The average molecular weight is 329 g/mol. The molecule has 0 bridgehead atoms. The molecule has 0 aliphatic rings. The Morgan fingerprint density at radius 3 is 2.50 bits per heavy atom. The highest BCUT2D eigenvalue weighted by molar-refractivity contribution is 5.88. The zero-order valence-electron chi connectivity index (χ0n) is 14.2. The van der Waals surface area contributed by atoms with Crippen LogP contribution in [0.25, 0.3) is 0 Å². The van der Waals surface area contributed by atoms with Crippen molar-refractivity contribution in [2.75, 3.05) is 24.3 Å². The number of anilines is 2.